The van der Waals surface area contributed by atoms with Crippen LogP contribution in [-0.2, 0) is 9.59 Å². The molecule has 0 spiro atoms. The standard InChI is InChI=1S/C24H34N2O2/c1-4-5-6-7-8-9-16-26-23(27)21(20-13-12-18(2)19(3)17-20)22(24(26)28)25-14-10-11-15-25/h12-13,17H,4-11,14-16H2,1-3H3. The molecule has 0 bridgehead atoms. The van der Waals surface area contributed by atoms with Crippen LogP contribution in [0.2, 0.25) is 0 Å². The van der Waals surface area contributed by atoms with E-state index in [1.165, 1.54) is 36.1 Å². The van der Waals surface area contributed by atoms with Crippen LogP contribution in [0.3, 0.4) is 0 Å². The molecule has 2 aliphatic heterocycles. The molecule has 0 aromatic heterocycles. The van der Waals surface area contributed by atoms with E-state index in [9.17, 15) is 9.59 Å². The van der Waals surface area contributed by atoms with E-state index in [1.54, 1.807) is 0 Å². The van der Waals surface area contributed by atoms with Crippen LogP contribution in [-0.4, -0.2) is 41.2 Å². The summed E-state index contributed by atoms with van der Waals surface area (Å²) < 4.78 is 0. The van der Waals surface area contributed by atoms with Crippen molar-refractivity contribution in [2.24, 2.45) is 0 Å². The molecule has 3 rings (SSSR count). The maximum Gasteiger partial charge on any atom is 0.277 e. The Balaban J connectivity index is 1.80. The van der Waals surface area contributed by atoms with Crippen LogP contribution < -0.4 is 0 Å². The normalized spacial score (nSPS) is 17.4. The molecule has 1 saturated heterocycles. The molecule has 0 radical (unpaired) electrons. The Morgan fingerprint density at radius 3 is 2.21 bits per heavy atom. The molecular weight excluding hydrogens is 348 g/mol. The van der Waals surface area contributed by atoms with E-state index in [2.05, 4.69) is 31.7 Å². The Hall–Kier alpha value is -2.10. The predicted molar refractivity (Wildman–Crippen MR) is 114 cm³/mol. The molecule has 1 aromatic rings. The molecule has 1 fully saturated rings. The highest BCUT2D eigenvalue weighted by atomic mass is 16.2. The monoisotopic (exact) mass is 382 g/mol. The van der Waals surface area contributed by atoms with E-state index in [-0.39, 0.29) is 11.8 Å². The van der Waals surface area contributed by atoms with E-state index in [4.69, 9.17) is 0 Å². The molecule has 2 amide bonds. The number of aryl methyl sites for hydroxylation is 2. The van der Waals surface area contributed by atoms with Gasteiger partial charge in [-0.15, -0.1) is 0 Å². The van der Waals surface area contributed by atoms with Gasteiger partial charge in [-0.1, -0.05) is 57.2 Å². The fourth-order valence-corrected chi connectivity index (χ4v) is 4.21. The third kappa shape index (κ3) is 4.31. The minimum atomic E-state index is -0.108. The van der Waals surface area contributed by atoms with Crippen LogP contribution in [0.15, 0.2) is 23.9 Å². The summed E-state index contributed by atoms with van der Waals surface area (Å²) >= 11 is 0. The summed E-state index contributed by atoms with van der Waals surface area (Å²) in [6.45, 7) is 8.61. The van der Waals surface area contributed by atoms with Gasteiger partial charge in [0.05, 0.1) is 5.57 Å². The van der Waals surface area contributed by atoms with Gasteiger partial charge in [0.1, 0.15) is 5.70 Å². The summed E-state index contributed by atoms with van der Waals surface area (Å²) in [5.41, 5.74) is 4.49. The second-order valence-electron chi connectivity index (χ2n) is 8.25. The van der Waals surface area contributed by atoms with Crippen LogP contribution >= 0.6 is 0 Å². The molecule has 4 heteroatoms. The molecule has 0 saturated carbocycles. The van der Waals surface area contributed by atoms with E-state index in [0.29, 0.717) is 17.8 Å². The number of benzene rings is 1. The van der Waals surface area contributed by atoms with Gasteiger partial charge in [0, 0.05) is 19.6 Å². The molecule has 0 atom stereocenters. The van der Waals surface area contributed by atoms with Gasteiger partial charge in [0.2, 0.25) is 0 Å². The van der Waals surface area contributed by atoms with Gasteiger partial charge in [0.15, 0.2) is 0 Å². The highest BCUT2D eigenvalue weighted by Crippen LogP contribution is 2.34. The van der Waals surface area contributed by atoms with Crippen LogP contribution in [0.25, 0.3) is 5.57 Å². The van der Waals surface area contributed by atoms with Gasteiger partial charge in [-0.05, 0) is 49.8 Å². The van der Waals surface area contributed by atoms with Gasteiger partial charge in [-0.2, -0.15) is 0 Å². The van der Waals surface area contributed by atoms with Crippen molar-refractivity contribution in [3.63, 3.8) is 0 Å². The molecule has 4 nitrogen and oxygen atoms in total. The molecule has 28 heavy (non-hydrogen) atoms. The van der Waals surface area contributed by atoms with Crippen LogP contribution in [0, 0.1) is 13.8 Å². The van der Waals surface area contributed by atoms with Gasteiger partial charge in [-0.25, -0.2) is 0 Å². The number of hydrogen-bond acceptors (Lipinski definition) is 3. The molecule has 1 aromatic carbocycles. The van der Waals surface area contributed by atoms with Crippen LogP contribution in [0.4, 0.5) is 0 Å². The van der Waals surface area contributed by atoms with E-state index in [1.807, 2.05) is 12.1 Å². The number of imide groups is 1. The third-order valence-electron chi connectivity index (χ3n) is 6.10. The summed E-state index contributed by atoms with van der Waals surface area (Å²) in [6, 6.07) is 6.10. The van der Waals surface area contributed by atoms with Gasteiger partial charge in [0.25, 0.3) is 11.8 Å². The first-order valence-electron chi connectivity index (χ1n) is 11.0. The Kier molecular flexibility index (Phi) is 6.93. The van der Waals surface area contributed by atoms with Gasteiger partial charge < -0.3 is 4.90 Å². The minimum absolute atomic E-state index is 0.0892. The zero-order valence-corrected chi connectivity index (χ0v) is 17.7. The highest BCUT2D eigenvalue weighted by molar-refractivity contribution is 6.35. The Labute approximate surface area is 169 Å². The van der Waals surface area contributed by atoms with Crippen molar-refractivity contribution in [1.82, 2.24) is 9.80 Å². The number of nitrogens with zero attached hydrogens (tertiary/aromatic N) is 2. The van der Waals surface area contributed by atoms with Crippen LogP contribution in [0.5, 0.6) is 0 Å². The van der Waals surface area contributed by atoms with E-state index >= 15 is 0 Å². The lowest BCUT2D eigenvalue weighted by atomic mass is 9.99. The zero-order chi connectivity index (χ0) is 20.1. The first kappa shape index (κ1) is 20.6. The third-order valence-corrected chi connectivity index (χ3v) is 6.10. The number of rotatable bonds is 9. The summed E-state index contributed by atoms with van der Waals surface area (Å²) in [5, 5.41) is 0. The van der Waals surface area contributed by atoms with Crippen molar-refractivity contribution < 1.29 is 9.59 Å². The number of carbonyl (C=O) groups is 2. The van der Waals surface area contributed by atoms with Crippen molar-refractivity contribution >= 4 is 17.4 Å². The Bertz CT molecular complexity index is 760. The fraction of sp³-hybridized carbons (Fsp3) is 0.583. The Morgan fingerprint density at radius 2 is 1.54 bits per heavy atom. The number of amides is 2. The second-order valence-corrected chi connectivity index (χ2v) is 8.25. The molecule has 2 aliphatic rings. The minimum Gasteiger partial charge on any atom is -0.366 e. The van der Waals surface area contributed by atoms with Crippen molar-refractivity contribution in [3.05, 3.63) is 40.6 Å². The quantitative estimate of drug-likeness (QED) is 0.453. The van der Waals surface area contributed by atoms with E-state index < -0.39 is 0 Å². The number of carbonyl (C=O) groups excluding carboxylic acids is 2. The lowest BCUT2D eigenvalue weighted by Gasteiger charge is -2.20. The molecule has 2 heterocycles. The Morgan fingerprint density at radius 1 is 0.857 bits per heavy atom. The molecule has 0 aliphatic carbocycles. The predicted octanol–water partition coefficient (Wildman–Crippen LogP) is 4.84. The first-order chi connectivity index (χ1) is 13.5. The SMILES string of the molecule is CCCCCCCCN1C(=O)C(c2ccc(C)c(C)c2)=C(N2CCCC2)C1=O. The summed E-state index contributed by atoms with van der Waals surface area (Å²) in [7, 11) is 0. The highest BCUT2D eigenvalue weighted by Gasteiger charge is 2.41. The smallest absolute Gasteiger partial charge is 0.277 e. The topological polar surface area (TPSA) is 40.6 Å². The van der Waals surface area contributed by atoms with Crippen molar-refractivity contribution in [3.8, 4) is 0 Å². The van der Waals surface area contributed by atoms with Crippen LogP contribution in [0.1, 0.15) is 75.0 Å². The second kappa shape index (κ2) is 9.40. The number of unbranched alkanes of at least 4 members (excludes halogenated alkanes) is 5. The number of hydrogen-bond donors (Lipinski definition) is 0. The van der Waals surface area contributed by atoms with Crippen molar-refractivity contribution in [2.45, 2.75) is 72.1 Å². The van der Waals surface area contributed by atoms with Gasteiger partial charge >= 0.3 is 0 Å². The molecule has 0 N–H and O–H groups in total. The summed E-state index contributed by atoms with van der Waals surface area (Å²) in [4.78, 5) is 30.1. The van der Waals surface area contributed by atoms with Gasteiger partial charge in [-0.3, -0.25) is 14.5 Å². The maximum atomic E-state index is 13.3. The maximum absolute atomic E-state index is 13.3. The molecule has 152 valence electrons. The number of likely N-dealkylation sites (tertiary alicyclic amines) is 1. The summed E-state index contributed by atoms with van der Waals surface area (Å²) in [6.07, 6.45) is 9.06. The lowest BCUT2D eigenvalue weighted by Crippen LogP contribution is -2.35. The average molecular weight is 383 g/mol. The molecule has 0 unspecified atom stereocenters. The zero-order valence-electron chi connectivity index (χ0n) is 17.7. The molecular formula is C24H34N2O2. The lowest BCUT2D eigenvalue weighted by molar-refractivity contribution is -0.137. The fourth-order valence-electron chi connectivity index (χ4n) is 4.21. The summed E-state index contributed by atoms with van der Waals surface area (Å²) in [5.74, 6) is -0.197. The first-order valence-corrected chi connectivity index (χ1v) is 11.0. The van der Waals surface area contributed by atoms with Crippen molar-refractivity contribution in [2.75, 3.05) is 19.6 Å². The van der Waals surface area contributed by atoms with E-state index in [0.717, 1.165) is 49.9 Å². The van der Waals surface area contributed by atoms with Crippen molar-refractivity contribution in [1.29, 1.82) is 0 Å². The average Bonchev–Trinajstić information content (AvgIpc) is 3.28. The largest absolute Gasteiger partial charge is 0.366 e.